The first-order valence-corrected chi connectivity index (χ1v) is 5.58. The van der Waals surface area contributed by atoms with Crippen LogP contribution in [0.5, 0.6) is 5.75 Å². The van der Waals surface area contributed by atoms with Crippen LogP contribution in [0, 0.1) is 0 Å². The standard InChI is InChI=1S/C14H16N2O/c1-14(2,3)11-6-4-10(5-7-11)13-12(17)8-15-9-16-13/h4-9,17H,1-3H3. The summed E-state index contributed by atoms with van der Waals surface area (Å²) in [7, 11) is 0. The maximum atomic E-state index is 9.67. The minimum absolute atomic E-state index is 0.107. The van der Waals surface area contributed by atoms with Crippen molar-refractivity contribution in [2.24, 2.45) is 0 Å². The maximum absolute atomic E-state index is 9.67. The molecule has 0 aliphatic rings. The van der Waals surface area contributed by atoms with E-state index in [0.29, 0.717) is 5.69 Å². The van der Waals surface area contributed by atoms with Crippen molar-refractivity contribution in [1.29, 1.82) is 0 Å². The average molecular weight is 228 g/mol. The monoisotopic (exact) mass is 228 g/mol. The summed E-state index contributed by atoms with van der Waals surface area (Å²) >= 11 is 0. The first-order chi connectivity index (χ1) is 7.98. The van der Waals surface area contributed by atoms with E-state index >= 15 is 0 Å². The summed E-state index contributed by atoms with van der Waals surface area (Å²) in [6.07, 6.45) is 2.84. The molecule has 3 nitrogen and oxygen atoms in total. The minimum Gasteiger partial charge on any atom is -0.504 e. The van der Waals surface area contributed by atoms with Crippen LogP contribution in [-0.2, 0) is 5.41 Å². The molecule has 0 aliphatic heterocycles. The fourth-order valence-corrected chi connectivity index (χ4v) is 1.67. The lowest BCUT2D eigenvalue weighted by molar-refractivity contribution is 0.472. The quantitative estimate of drug-likeness (QED) is 0.815. The van der Waals surface area contributed by atoms with E-state index in [0.717, 1.165) is 5.56 Å². The van der Waals surface area contributed by atoms with Gasteiger partial charge < -0.3 is 5.11 Å². The molecular weight excluding hydrogens is 212 g/mol. The van der Waals surface area contributed by atoms with E-state index in [1.54, 1.807) is 0 Å². The Kier molecular flexibility index (Phi) is 2.84. The van der Waals surface area contributed by atoms with Gasteiger partial charge in [-0.3, -0.25) is 0 Å². The van der Waals surface area contributed by atoms with E-state index < -0.39 is 0 Å². The molecule has 0 saturated carbocycles. The summed E-state index contributed by atoms with van der Waals surface area (Å²) in [5, 5.41) is 9.67. The number of nitrogens with zero attached hydrogens (tertiary/aromatic N) is 2. The van der Waals surface area contributed by atoms with Gasteiger partial charge in [0.05, 0.1) is 6.20 Å². The van der Waals surface area contributed by atoms with Gasteiger partial charge in [0, 0.05) is 5.56 Å². The topological polar surface area (TPSA) is 46.0 Å². The molecule has 1 aromatic carbocycles. The zero-order valence-electron chi connectivity index (χ0n) is 10.3. The lowest BCUT2D eigenvalue weighted by atomic mass is 9.86. The zero-order valence-corrected chi connectivity index (χ0v) is 10.3. The van der Waals surface area contributed by atoms with Crippen LogP contribution >= 0.6 is 0 Å². The van der Waals surface area contributed by atoms with Crippen LogP contribution in [0.1, 0.15) is 26.3 Å². The molecule has 88 valence electrons. The molecule has 3 heteroatoms. The first kappa shape index (κ1) is 11.6. The van der Waals surface area contributed by atoms with Gasteiger partial charge in [-0.05, 0) is 11.0 Å². The predicted molar refractivity (Wildman–Crippen MR) is 67.8 cm³/mol. The van der Waals surface area contributed by atoms with Gasteiger partial charge in [0.2, 0.25) is 0 Å². The fourth-order valence-electron chi connectivity index (χ4n) is 1.67. The van der Waals surface area contributed by atoms with E-state index in [4.69, 9.17) is 0 Å². The first-order valence-electron chi connectivity index (χ1n) is 5.58. The van der Waals surface area contributed by atoms with Crippen LogP contribution in [0.2, 0.25) is 0 Å². The molecular formula is C14H16N2O. The Morgan fingerprint density at radius 3 is 2.24 bits per heavy atom. The number of hydrogen-bond donors (Lipinski definition) is 1. The summed E-state index contributed by atoms with van der Waals surface area (Å²) in [6.45, 7) is 6.51. The highest BCUT2D eigenvalue weighted by molar-refractivity contribution is 5.65. The van der Waals surface area contributed by atoms with Crippen LogP contribution in [-0.4, -0.2) is 15.1 Å². The molecule has 2 rings (SSSR count). The summed E-state index contributed by atoms with van der Waals surface area (Å²) in [6, 6.07) is 8.08. The van der Waals surface area contributed by atoms with Crippen molar-refractivity contribution >= 4 is 0 Å². The van der Waals surface area contributed by atoms with E-state index in [1.807, 2.05) is 12.1 Å². The highest BCUT2D eigenvalue weighted by atomic mass is 16.3. The van der Waals surface area contributed by atoms with Crippen LogP contribution in [0.4, 0.5) is 0 Å². The fraction of sp³-hybridized carbons (Fsp3) is 0.286. The predicted octanol–water partition coefficient (Wildman–Crippen LogP) is 3.15. The second-order valence-corrected chi connectivity index (χ2v) is 5.08. The third-order valence-electron chi connectivity index (χ3n) is 2.72. The Morgan fingerprint density at radius 1 is 1.06 bits per heavy atom. The second-order valence-electron chi connectivity index (χ2n) is 5.08. The highest BCUT2D eigenvalue weighted by Gasteiger charge is 2.13. The normalized spacial score (nSPS) is 11.5. The smallest absolute Gasteiger partial charge is 0.160 e. The van der Waals surface area contributed by atoms with Crippen molar-refractivity contribution in [2.45, 2.75) is 26.2 Å². The molecule has 0 spiro atoms. The Hall–Kier alpha value is -1.90. The Labute approximate surface area is 101 Å². The molecule has 1 heterocycles. The van der Waals surface area contributed by atoms with Gasteiger partial charge >= 0.3 is 0 Å². The van der Waals surface area contributed by atoms with Crippen molar-refractivity contribution in [3.8, 4) is 17.0 Å². The number of aromatic hydroxyl groups is 1. The van der Waals surface area contributed by atoms with Crippen molar-refractivity contribution in [3.05, 3.63) is 42.4 Å². The zero-order chi connectivity index (χ0) is 12.5. The molecule has 1 aromatic heterocycles. The van der Waals surface area contributed by atoms with E-state index in [-0.39, 0.29) is 11.2 Å². The van der Waals surface area contributed by atoms with Gasteiger partial charge in [-0.15, -0.1) is 0 Å². The lowest BCUT2D eigenvalue weighted by Gasteiger charge is -2.19. The summed E-state index contributed by atoms with van der Waals surface area (Å²) in [5.41, 5.74) is 2.86. The molecule has 0 aliphatic carbocycles. The molecule has 1 N–H and O–H groups in total. The lowest BCUT2D eigenvalue weighted by Crippen LogP contribution is -2.10. The van der Waals surface area contributed by atoms with Crippen molar-refractivity contribution in [2.75, 3.05) is 0 Å². The number of aromatic nitrogens is 2. The molecule has 0 saturated heterocycles. The molecule has 2 aromatic rings. The second kappa shape index (κ2) is 4.17. The summed E-state index contributed by atoms with van der Waals surface area (Å²) < 4.78 is 0. The van der Waals surface area contributed by atoms with Crippen LogP contribution in [0.15, 0.2) is 36.8 Å². The van der Waals surface area contributed by atoms with Gasteiger partial charge in [-0.25, -0.2) is 9.97 Å². The van der Waals surface area contributed by atoms with Crippen molar-refractivity contribution < 1.29 is 5.11 Å². The molecule has 0 bridgehead atoms. The summed E-state index contributed by atoms with van der Waals surface area (Å²) in [5.74, 6) is 0.107. The molecule has 0 unspecified atom stereocenters. The Balaban J connectivity index is 2.40. The van der Waals surface area contributed by atoms with Crippen molar-refractivity contribution in [1.82, 2.24) is 9.97 Å². The maximum Gasteiger partial charge on any atom is 0.160 e. The summed E-state index contributed by atoms with van der Waals surface area (Å²) in [4.78, 5) is 7.85. The van der Waals surface area contributed by atoms with Gasteiger partial charge in [0.15, 0.2) is 5.75 Å². The van der Waals surface area contributed by atoms with Gasteiger partial charge in [0.1, 0.15) is 12.0 Å². The van der Waals surface area contributed by atoms with Gasteiger partial charge in [-0.1, -0.05) is 45.0 Å². The van der Waals surface area contributed by atoms with E-state index in [1.165, 1.54) is 18.1 Å². The number of benzene rings is 1. The van der Waals surface area contributed by atoms with Gasteiger partial charge in [-0.2, -0.15) is 0 Å². The van der Waals surface area contributed by atoms with Crippen LogP contribution in [0.25, 0.3) is 11.3 Å². The third-order valence-corrected chi connectivity index (χ3v) is 2.72. The van der Waals surface area contributed by atoms with Crippen LogP contribution < -0.4 is 0 Å². The minimum atomic E-state index is 0.107. The molecule has 17 heavy (non-hydrogen) atoms. The Morgan fingerprint density at radius 2 is 1.71 bits per heavy atom. The molecule has 0 radical (unpaired) electrons. The van der Waals surface area contributed by atoms with Gasteiger partial charge in [0.25, 0.3) is 0 Å². The molecule has 0 amide bonds. The van der Waals surface area contributed by atoms with Crippen LogP contribution in [0.3, 0.4) is 0 Å². The number of rotatable bonds is 1. The Bertz CT molecular complexity index is 512. The van der Waals surface area contributed by atoms with Crippen molar-refractivity contribution in [3.63, 3.8) is 0 Å². The molecule has 0 atom stereocenters. The largest absolute Gasteiger partial charge is 0.504 e. The average Bonchev–Trinajstić information content (AvgIpc) is 2.29. The number of hydrogen-bond acceptors (Lipinski definition) is 3. The third kappa shape index (κ3) is 2.44. The van der Waals surface area contributed by atoms with E-state index in [2.05, 4.69) is 42.9 Å². The SMILES string of the molecule is CC(C)(C)c1ccc(-c2ncncc2O)cc1. The highest BCUT2D eigenvalue weighted by Crippen LogP contribution is 2.28. The van der Waals surface area contributed by atoms with E-state index in [9.17, 15) is 5.11 Å². The molecule has 0 fully saturated rings.